The van der Waals surface area contributed by atoms with Gasteiger partial charge in [-0.25, -0.2) is 4.39 Å². The normalized spacial score (nSPS) is 14.0. The van der Waals surface area contributed by atoms with E-state index in [1.54, 1.807) is 6.07 Å². The molecule has 0 radical (unpaired) electrons. The second-order valence-corrected chi connectivity index (χ2v) is 7.02. The van der Waals surface area contributed by atoms with Crippen LogP contribution in [-0.4, -0.2) is 10.3 Å². The molecule has 4 nitrogen and oxygen atoms in total. The van der Waals surface area contributed by atoms with Crippen LogP contribution in [0.2, 0.25) is 0 Å². The zero-order chi connectivity index (χ0) is 18.6. The summed E-state index contributed by atoms with van der Waals surface area (Å²) in [5.74, 6) is -1.00. The Balaban J connectivity index is 2.10. The number of benzene rings is 1. The Labute approximate surface area is 150 Å². The molecule has 1 aliphatic rings. The van der Waals surface area contributed by atoms with Crippen LogP contribution in [0.4, 0.5) is 4.39 Å². The number of nitrogens with zero attached hydrogens (tertiary/aromatic N) is 1. The summed E-state index contributed by atoms with van der Waals surface area (Å²) < 4.78 is 16.2. The van der Waals surface area contributed by atoms with Gasteiger partial charge >= 0.3 is 0 Å². The van der Waals surface area contributed by atoms with Gasteiger partial charge in [0, 0.05) is 11.8 Å². The number of carbonyl (C=O) groups is 1. The Morgan fingerprint density at radius 1 is 1.19 bits per heavy atom. The second-order valence-electron chi connectivity index (χ2n) is 7.02. The Morgan fingerprint density at radius 3 is 2.42 bits per heavy atom. The van der Waals surface area contributed by atoms with E-state index in [2.05, 4.69) is 0 Å². The van der Waals surface area contributed by atoms with Crippen molar-refractivity contribution in [3.63, 3.8) is 0 Å². The molecule has 132 valence electrons. The molecule has 0 atom stereocenters. The number of rotatable bonds is 3. The van der Waals surface area contributed by atoms with E-state index >= 15 is 0 Å². The van der Waals surface area contributed by atoms with Crippen LogP contribution in [-0.2, 0) is 0 Å². The predicted octanol–water partition coefficient (Wildman–Crippen LogP) is 3.70. The van der Waals surface area contributed by atoms with Crippen LogP contribution in [0.5, 0.6) is 0 Å². The third-order valence-corrected chi connectivity index (χ3v) is 5.10. The Bertz CT molecular complexity index is 1110. The van der Waals surface area contributed by atoms with E-state index < -0.39 is 17.3 Å². The number of primary amides is 1. The molecule has 0 aliphatic heterocycles. The molecular weight excluding hydrogens is 331 g/mol. The Hall–Kier alpha value is -2.95. The third kappa shape index (κ3) is 2.51. The number of halogens is 1. The zero-order valence-electron chi connectivity index (χ0n) is 14.7. The average molecular weight is 350 g/mol. The minimum atomic E-state index is -0.785. The molecule has 1 fully saturated rings. The van der Waals surface area contributed by atoms with E-state index in [-0.39, 0.29) is 11.5 Å². The van der Waals surface area contributed by atoms with Gasteiger partial charge in [-0.3, -0.25) is 14.0 Å². The second kappa shape index (κ2) is 5.80. The zero-order valence-corrected chi connectivity index (χ0v) is 14.7. The number of aromatic nitrogens is 1. The van der Waals surface area contributed by atoms with E-state index in [1.165, 1.54) is 10.6 Å². The number of aryl methyl sites for hydroxylation is 2. The highest BCUT2D eigenvalue weighted by atomic mass is 19.1. The number of hydrogen-bond donors (Lipinski definition) is 1. The maximum atomic E-state index is 15.0. The maximum absolute atomic E-state index is 15.0. The lowest BCUT2D eigenvalue weighted by Crippen LogP contribution is -2.28. The summed E-state index contributed by atoms with van der Waals surface area (Å²) in [7, 11) is 0. The molecule has 1 aromatic carbocycles. The maximum Gasteiger partial charge on any atom is 0.268 e. The molecule has 0 unspecified atom stereocenters. The van der Waals surface area contributed by atoms with Crippen molar-refractivity contribution in [2.45, 2.75) is 32.6 Å². The molecule has 5 heteroatoms. The molecule has 2 aromatic heterocycles. The van der Waals surface area contributed by atoms with Crippen LogP contribution >= 0.6 is 0 Å². The summed E-state index contributed by atoms with van der Waals surface area (Å²) >= 11 is 0. The van der Waals surface area contributed by atoms with Crippen molar-refractivity contribution in [1.82, 2.24) is 4.40 Å². The first kappa shape index (κ1) is 16.5. The fourth-order valence-corrected chi connectivity index (χ4v) is 3.61. The number of amides is 1. The summed E-state index contributed by atoms with van der Waals surface area (Å²) in [5, 5.41) is 0. The van der Waals surface area contributed by atoms with Crippen molar-refractivity contribution in [2.75, 3.05) is 0 Å². The van der Waals surface area contributed by atoms with Gasteiger partial charge in [0.05, 0.1) is 5.52 Å². The lowest BCUT2D eigenvalue weighted by Gasteiger charge is -2.16. The van der Waals surface area contributed by atoms with Gasteiger partial charge in [0.15, 0.2) is 0 Å². The first-order chi connectivity index (χ1) is 12.4. The molecule has 1 saturated carbocycles. The van der Waals surface area contributed by atoms with Gasteiger partial charge in [0.2, 0.25) is 0 Å². The van der Waals surface area contributed by atoms with Gasteiger partial charge < -0.3 is 5.73 Å². The summed E-state index contributed by atoms with van der Waals surface area (Å²) in [4.78, 5) is 24.3. The number of fused-ring (bicyclic) bond motifs is 1. The third-order valence-electron chi connectivity index (χ3n) is 5.10. The standard InChI is InChI=1S/C21H19FN2O2/c1-11-3-5-14(6-4-11)18-12(2)19-15(13-7-8-13)9-16(20(23)25)21(26)24(19)10-17(18)22/h3-6,9-10,13H,7-8H2,1-2H3,(H2,23,25). The first-order valence-corrected chi connectivity index (χ1v) is 8.63. The van der Waals surface area contributed by atoms with Gasteiger partial charge in [-0.15, -0.1) is 0 Å². The summed E-state index contributed by atoms with van der Waals surface area (Å²) in [5.41, 5.74) is 9.31. The highest BCUT2D eigenvalue weighted by Crippen LogP contribution is 2.43. The SMILES string of the molecule is Cc1ccc(-c2c(F)cn3c(=O)c(C(N)=O)cc(C4CC4)c3c2C)cc1. The molecule has 4 rings (SSSR count). The van der Waals surface area contributed by atoms with Crippen molar-refractivity contribution in [3.05, 3.63) is 75.0 Å². The van der Waals surface area contributed by atoms with Gasteiger partial charge in [-0.2, -0.15) is 0 Å². The molecule has 0 spiro atoms. The van der Waals surface area contributed by atoms with Crippen molar-refractivity contribution < 1.29 is 9.18 Å². The lowest BCUT2D eigenvalue weighted by molar-refractivity contribution is 0.0998. The van der Waals surface area contributed by atoms with E-state index in [1.807, 2.05) is 38.1 Å². The molecule has 1 aliphatic carbocycles. The van der Waals surface area contributed by atoms with Crippen molar-refractivity contribution >= 4 is 11.4 Å². The van der Waals surface area contributed by atoms with E-state index in [0.29, 0.717) is 16.6 Å². The summed E-state index contributed by atoms with van der Waals surface area (Å²) in [6, 6.07) is 9.22. The van der Waals surface area contributed by atoms with Crippen LogP contribution in [0.15, 0.2) is 41.3 Å². The van der Waals surface area contributed by atoms with Crippen LogP contribution in [0.1, 0.15) is 45.8 Å². The summed E-state index contributed by atoms with van der Waals surface area (Å²) in [6.07, 6.45) is 3.16. The number of hydrogen-bond acceptors (Lipinski definition) is 2. The smallest absolute Gasteiger partial charge is 0.268 e. The van der Waals surface area contributed by atoms with Crippen LogP contribution in [0.3, 0.4) is 0 Å². The van der Waals surface area contributed by atoms with E-state index in [9.17, 15) is 14.0 Å². The van der Waals surface area contributed by atoms with Crippen molar-refractivity contribution in [2.24, 2.45) is 5.73 Å². The quantitative estimate of drug-likeness (QED) is 0.783. The minimum Gasteiger partial charge on any atom is -0.365 e. The van der Waals surface area contributed by atoms with Crippen molar-refractivity contribution in [1.29, 1.82) is 0 Å². The lowest BCUT2D eigenvalue weighted by atomic mass is 9.95. The molecule has 1 amide bonds. The van der Waals surface area contributed by atoms with Crippen LogP contribution < -0.4 is 11.3 Å². The Kier molecular flexibility index (Phi) is 3.68. The molecule has 2 heterocycles. The van der Waals surface area contributed by atoms with Gasteiger partial charge in [0.1, 0.15) is 11.4 Å². The average Bonchev–Trinajstić information content (AvgIpc) is 3.42. The fraction of sp³-hybridized carbons (Fsp3) is 0.238. The fourth-order valence-electron chi connectivity index (χ4n) is 3.61. The molecule has 0 saturated heterocycles. The molecule has 26 heavy (non-hydrogen) atoms. The Morgan fingerprint density at radius 2 is 1.85 bits per heavy atom. The first-order valence-electron chi connectivity index (χ1n) is 8.63. The minimum absolute atomic E-state index is 0.0914. The van der Waals surface area contributed by atoms with E-state index in [4.69, 9.17) is 5.73 Å². The monoisotopic (exact) mass is 350 g/mol. The van der Waals surface area contributed by atoms with Crippen LogP contribution in [0, 0.1) is 19.7 Å². The highest BCUT2D eigenvalue weighted by molar-refractivity contribution is 5.93. The number of carbonyl (C=O) groups excluding carboxylic acids is 1. The van der Waals surface area contributed by atoms with E-state index in [0.717, 1.165) is 29.5 Å². The highest BCUT2D eigenvalue weighted by Gasteiger charge is 2.29. The van der Waals surface area contributed by atoms with Gasteiger partial charge in [0.25, 0.3) is 11.5 Å². The molecule has 2 N–H and O–H groups in total. The van der Waals surface area contributed by atoms with Gasteiger partial charge in [-0.1, -0.05) is 29.8 Å². The number of nitrogens with two attached hydrogens (primary N) is 1. The van der Waals surface area contributed by atoms with Crippen LogP contribution in [0.25, 0.3) is 16.6 Å². The van der Waals surface area contributed by atoms with Crippen molar-refractivity contribution in [3.8, 4) is 11.1 Å². The molecule has 0 bridgehead atoms. The molecule has 3 aromatic rings. The topological polar surface area (TPSA) is 64.6 Å². The van der Waals surface area contributed by atoms with Gasteiger partial charge in [-0.05, 0) is 55.4 Å². The predicted molar refractivity (Wildman–Crippen MR) is 99.0 cm³/mol. The number of pyridine rings is 2. The largest absolute Gasteiger partial charge is 0.365 e. The summed E-state index contributed by atoms with van der Waals surface area (Å²) in [6.45, 7) is 3.80. The molecular formula is C21H19FN2O2.